The summed E-state index contributed by atoms with van der Waals surface area (Å²) in [6.45, 7) is 2.16. The molecule has 0 aliphatic rings. The number of carbonyl (C=O) groups is 2. The monoisotopic (exact) mass is 623 g/mol. The number of ether oxygens (including phenoxy) is 2. The van der Waals surface area contributed by atoms with Crippen LogP contribution in [0.25, 0.3) is 0 Å². The number of hydrogen-bond acceptors (Lipinski definition) is 5. The molecule has 6 nitrogen and oxygen atoms in total. The van der Waals surface area contributed by atoms with Crippen LogP contribution >= 0.6 is 22.6 Å². The van der Waals surface area contributed by atoms with E-state index < -0.39 is 0 Å². The van der Waals surface area contributed by atoms with Crippen LogP contribution in [-0.4, -0.2) is 30.7 Å². The highest BCUT2D eigenvalue weighted by atomic mass is 127. The fourth-order valence-corrected chi connectivity index (χ4v) is 3.91. The van der Waals surface area contributed by atoms with E-state index in [-0.39, 0.29) is 37.2 Å². The van der Waals surface area contributed by atoms with Crippen molar-refractivity contribution >= 4 is 34.5 Å². The summed E-state index contributed by atoms with van der Waals surface area (Å²) in [6, 6.07) is 3.24. The Morgan fingerprint density at radius 1 is 0.919 bits per heavy atom. The Kier molecular flexibility index (Phi) is 18.9. The zero-order chi connectivity index (χ0) is 27.1. The Labute approximate surface area is 236 Å². The Morgan fingerprint density at radius 3 is 2.11 bits per heavy atom. The number of rotatable bonds is 19. The van der Waals surface area contributed by atoms with Crippen molar-refractivity contribution < 1.29 is 24.2 Å². The summed E-state index contributed by atoms with van der Waals surface area (Å²) >= 11 is 2.07. The van der Waals surface area contributed by atoms with Gasteiger partial charge in [0.25, 0.3) is 5.91 Å². The summed E-state index contributed by atoms with van der Waals surface area (Å²) in [4.78, 5) is 23.9. The molecule has 0 radical (unpaired) electrons. The van der Waals surface area contributed by atoms with Crippen LogP contribution in [0.5, 0.6) is 11.5 Å². The zero-order valence-electron chi connectivity index (χ0n) is 22.2. The highest BCUT2D eigenvalue weighted by Crippen LogP contribution is 2.30. The molecule has 1 amide bonds. The van der Waals surface area contributed by atoms with Crippen LogP contribution in [0, 0.1) is 3.57 Å². The number of methoxy groups -OCH3 is 1. The lowest BCUT2D eigenvalue weighted by Gasteiger charge is -2.11. The van der Waals surface area contributed by atoms with Gasteiger partial charge in [-0.25, -0.2) is 0 Å². The standard InChI is InChI=1S/C30H42INO5/c1-3-4-5-6-7-8-9-10-11-12-13-14-15-16-17-18-19-20-30(35)37-24-29(34)32-23-25-21-28(36-2)27(33)22-26(25)31/h7-8,10-11,13-14,16-17,21-22,33H,3-6,9,12,15,18-20,23-24H2,1-2H3,(H,32,34)/b8-7-,11-10-,14-13-,17-16-. The number of nitrogens with one attached hydrogen (secondary N) is 1. The number of phenols is 1. The molecule has 0 saturated heterocycles. The van der Waals surface area contributed by atoms with Gasteiger partial charge in [0.1, 0.15) is 0 Å². The highest BCUT2D eigenvalue weighted by Gasteiger charge is 2.11. The Hall–Kier alpha value is -2.55. The minimum Gasteiger partial charge on any atom is -0.504 e. The highest BCUT2D eigenvalue weighted by molar-refractivity contribution is 14.1. The molecule has 0 fully saturated rings. The maximum Gasteiger partial charge on any atom is 0.306 e. The van der Waals surface area contributed by atoms with Crippen molar-refractivity contribution in [2.45, 2.75) is 77.7 Å². The molecule has 0 heterocycles. The molecular weight excluding hydrogens is 581 g/mol. The van der Waals surface area contributed by atoms with E-state index in [1.165, 1.54) is 32.8 Å². The van der Waals surface area contributed by atoms with Crippen LogP contribution in [-0.2, 0) is 20.9 Å². The quantitative estimate of drug-likeness (QED) is 0.0731. The molecule has 7 heteroatoms. The van der Waals surface area contributed by atoms with E-state index in [9.17, 15) is 14.7 Å². The van der Waals surface area contributed by atoms with Crippen LogP contribution in [0.15, 0.2) is 60.7 Å². The third-order valence-corrected chi connectivity index (χ3v) is 6.40. The average molecular weight is 624 g/mol. The normalized spacial score (nSPS) is 11.8. The Balaban J connectivity index is 2.07. The molecule has 0 bridgehead atoms. The summed E-state index contributed by atoms with van der Waals surface area (Å²) in [5.41, 5.74) is 0.800. The first-order chi connectivity index (χ1) is 18.0. The molecule has 0 saturated carbocycles. The van der Waals surface area contributed by atoms with E-state index >= 15 is 0 Å². The number of unbranched alkanes of at least 4 members (excludes halogenated alkanes) is 4. The molecule has 1 aromatic carbocycles. The first-order valence-corrected chi connectivity index (χ1v) is 14.1. The van der Waals surface area contributed by atoms with Gasteiger partial charge in [-0.2, -0.15) is 0 Å². The minimum absolute atomic E-state index is 0.0435. The van der Waals surface area contributed by atoms with Crippen LogP contribution in [0.3, 0.4) is 0 Å². The number of benzene rings is 1. The van der Waals surface area contributed by atoms with E-state index in [0.29, 0.717) is 12.2 Å². The van der Waals surface area contributed by atoms with Crippen molar-refractivity contribution in [1.82, 2.24) is 5.32 Å². The molecule has 0 aliphatic carbocycles. The largest absolute Gasteiger partial charge is 0.504 e. The molecule has 0 aliphatic heterocycles. The van der Waals surface area contributed by atoms with Gasteiger partial charge >= 0.3 is 5.97 Å². The molecule has 37 heavy (non-hydrogen) atoms. The molecule has 2 N–H and O–H groups in total. The molecular formula is C30H42INO5. The number of halogens is 1. The van der Waals surface area contributed by atoms with Crippen LogP contribution in [0.4, 0.5) is 0 Å². The number of phenolic OH excluding ortho intramolecular Hbond substituents is 1. The van der Waals surface area contributed by atoms with Gasteiger partial charge in [0.05, 0.1) is 7.11 Å². The van der Waals surface area contributed by atoms with Crippen molar-refractivity contribution in [3.05, 3.63) is 69.9 Å². The first kappa shape index (κ1) is 32.5. The molecule has 0 spiro atoms. The number of amides is 1. The second kappa shape index (κ2) is 21.5. The van der Waals surface area contributed by atoms with Crippen LogP contribution in [0.1, 0.15) is 76.7 Å². The average Bonchev–Trinajstić information content (AvgIpc) is 2.88. The summed E-state index contributed by atoms with van der Waals surface area (Å²) < 4.78 is 10.9. The maximum atomic E-state index is 12.0. The number of aromatic hydroxyl groups is 1. The Morgan fingerprint density at radius 2 is 1.51 bits per heavy atom. The lowest BCUT2D eigenvalue weighted by Crippen LogP contribution is -2.28. The lowest BCUT2D eigenvalue weighted by molar-refractivity contribution is -0.148. The lowest BCUT2D eigenvalue weighted by atomic mass is 10.2. The summed E-state index contributed by atoms with van der Waals surface area (Å²) in [5, 5.41) is 12.5. The van der Waals surface area contributed by atoms with Crippen molar-refractivity contribution in [3.63, 3.8) is 0 Å². The summed E-state index contributed by atoms with van der Waals surface area (Å²) in [5.74, 6) is -0.379. The third kappa shape index (κ3) is 16.7. The molecule has 1 aromatic rings. The SMILES string of the molecule is CCCCC/C=C\C/C=C\C/C=C\C/C=C\CCCC(=O)OCC(=O)NCc1cc(OC)c(O)cc1I. The van der Waals surface area contributed by atoms with Crippen molar-refractivity contribution in [1.29, 1.82) is 0 Å². The van der Waals surface area contributed by atoms with Crippen LogP contribution in [0.2, 0.25) is 0 Å². The number of allylic oxidation sites excluding steroid dienone is 8. The van der Waals surface area contributed by atoms with Crippen molar-refractivity contribution in [2.24, 2.45) is 0 Å². The second-order valence-corrected chi connectivity index (χ2v) is 9.70. The van der Waals surface area contributed by atoms with Gasteiger partial charge in [-0.3, -0.25) is 9.59 Å². The first-order valence-electron chi connectivity index (χ1n) is 13.1. The Bertz CT molecular complexity index is 921. The summed E-state index contributed by atoms with van der Waals surface area (Å²) in [6.07, 6.45) is 27.0. The molecule has 204 valence electrons. The van der Waals surface area contributed by atoms with Crippen molar-refractivity contribution in [2.75, 3.05) is 13.7 Å². The van der Waals surface area contributed by atoms with E-state index in [1.807, 2.05) is 0 Å². The predicted octanol–water partition coefficient (Wildman–Crippen LogP) is 7.31. The minimum atomic E-state index is -0.382. The zero-order valence-corrected chi connectivity index (χ0v) is 24.4. The fourth-order valence-electron chi connectivity index (χ4n) is 3.27. The predicted molar refractivity (Wildman–Crippen MR) is 159 cm³/mol. The van der Waals surface area contributed by atoms with E-state index in [0.717, 1.165) is 34.8 Å². The van der Waals surface area contributed by atoms with Gasteiger partial charge < -0.3 is 19.9 Å². The van der Waals surface area contributed by atoms with Gasteiger partial charge in [-0.1, -0.05) is 68.4 Å². The third-order valence-electron chi connectivity index (χ3n) is 5.40. The van der Waals surface area contributed by atoms with Gasteiger partial charge in [0, 0.05) is 16.5 Å². The van der Waals surface area contributed by atoms with Gasteiger partial charge in [0.2, 0.25) is 0 Å². The van der Waals surface area contributed by atoms with E-state index in [1.54, 1.807) is 12.1 Å². The van der Waals surface area contributed by atoms with Gasteiger partial charge in [-0.05, 0) is 85.2 Å². The molecule has 0 aromatic heterocycles. The van der Waals surface area contributed by atoms with E-state index in [2.05, 4.69) is 83.4 Å². The number of esters is 1. The van der Waals surface area contributed by atoms with Gasteiger partial charge in [-0.15, -0.1) is 0 Å². The summed E-state index contributed by atoms with van der Waals surface area (Å²) in [7, 11) is 1.46. The second-order valence-electron chi connectivity index (χ2n) is 8.53. The number of hydrogen-bond donors (Lipinski definition) is 2. The molecule has 1 rings (SSSR count). The fraction of sp³-hybridized carbons (Fsp3) is 0.467. The molecule has 0 atom stereocenters. The van der Waals surface area contributed by atoms with E-state index in [4.69, 9.17) is 9.47 Å². The maximum absolute atomic E-state index is 12.0. The van der Waals surface area contributed by atoms with Crippen molar-refractivity contribution in [3.8, 4) is 11.5 Å². The van der Waals surface area contributed by atoms with Gasteiger partial charge in [0.15, 0.2) is 18.1 Å². The smallest absolute Gasteiger partial charge is 0.306 e. The molecule has 0 unspecified atom stereocenters. The topological polar surface area (TPSA) is 84.9 Å². The van der Waals surface area contributed by atoms with Crippen LogP contribution < -0.4 is 10.1 Å². The number of carbonyl (C=O) groups excluding carboxylic acids is 2.